The Morgan fingerprint density at radius 3 is 2.04 bits per heavy atom. The molecule has 0 bridgehead atoms. The van der Waals surface area contributed by atoms with E-state index in [9.17, 15) is 9.59 Å². The summed E-state index contributed by atoms with van der Waals surface area (Å²) in [4.78, 5) is 21.7. The van der Waals surface area contributed by atoms with Crippen LogP contribution in [0.25, 0.3) is 0 Å². The van der Waals surface area contributed by atoms with Gasteiger partial charge in [0.1, 0.15) is 5.75 Å². The van der Waals surface area contributed by atoms with Crippen LogP contribution >= 0.6 is 90.4 Å². The SMILES string of the molecule is NC(=O)NCCc1c(I)cc(Oc2c(I)cc(CC(=O)O)cc2I)cc1I. The summed E-state index contributed by atoms with van der Waals surface area (Å²) in [6.45, 7) is 0.475. The predicted molar refractivity (Wildman–Crippen MR) is 136 cm³/mol. The molecule has 0 atom stereocenters. The second kappa shape index (κ2) is 10.6. The van der Waals surface area contributed by atoms with Crippen LogP contribution in [0.4, 0.5) is 4.79 Å². The molecule has 0 fully saturated rings. The Labute approximate surface area is 210 Å². The maximum atomic E-state index is 10.9. The molecule has 6 nitrogen and oxygen atoms in total. The van der Waals surface area contributed by atoms with E-state index >= 15 is 0 Å². The number of benzene rings is 2. The molecule has 0 saturated carbocycles. The van der Waals surface area contributed by atoms with E-state index < -0.39 is 12.0 Å². The van der Waals surface area contributed by atoms with E-state index in [0.29, 0.717) is 24.5 Å². The van der Waals surface area contributed by atoms with Gasteiger partial charge in [0.2, 0.25) is 0 Å². The second-order valence-electron chi connectivity index (χ2n) is 5.47. The number of ether oxygens (including phenoxy) is 1. The van der Waals surface area contributed by atoms with Gasteiger partial charge in [0.15, 0.2) is 5.75 Å². The highest BCUT2D eigenvalue weighted by Gasteiger charge is 2.14. The zero-order valence-corrected chi connectivity index (χ0v) is 22.3. The molecule has 0 heterocycles. The Morgan fingerprint density at radius 1 is 1.00 bits per heavy atom. The number of hydrogen-bond donors (Lipinski definition) is 3. The van der Waals surface area contributed by atoms with Crippen LogP contribution in [0.2, 0.25) is 0 Å². The van der Waals surface area contributed by atoms with Crippen molar-refractivity contribution >= 4 is 102 Å². The minimum absolute atomic E-state index is 0.0177. The number of halogens is 4. The molecular formula is C17H14I4N2O4. The molecule has 144 valence electrons. The Bertz CT molecular complexity index is 843. The van der Waals surface area contributed by atoms with Crippen LogP contribution < -0.4 is 15.8 Å². The Kier molecular flexibility index (Phi) is 9.11. The predicted octanol–water partition coefficient (Wildman–Crippen LogP) is 4.74. The Hall–Kier alpha value is -0.1000. The van der Waals surface area contributed by atoms with Gasteiger partial charge in [-0.05, 0) is 132 Å². The smallest absolute Gasteiger partial charge is 0.312 e. The molecule has 0 saturated heterocycles. The first-order chi connectivity index (χ1) is 12.7. The van der Waals surface area contributed by atoms with Gasteiger partial charge in [-0.1, -0.05) is 0 Å². The summed E-state index contributed by atoms with van der Waals surface area (Å²) in [6.07, 6.45) is 0.662. The van der Waals surface area contributed by atoms with E-state index in [2.05, 4.69) is 95.7 Å². The minimum atomic E-state index is -0.860. The summed E-state index contributed by atoms with van der Waals surface area (Å²) in [6, 6.07) is 7.01. The molecule has 2 aromatic carbocycles. The standard InChI is InChI=1S/C17H14I4N2O4/c18-11-6-9(7-12(19)10(11)1-2-23-17(22)26)27-16-13(20)3-8(4-14(16)21)5-15(24)25/h3-4,6-7H,1-2,5H2,(H,24,25)(H3,22,23,26). The fourth-order valence-corrected chi connectivity index (χ4v) is 6.66. The Balaban J connectivity index is 2.23. The number of aliphatic carboxylic acids is 1. The van der Waals surface area contributed by atoms with E-state index in [0.717, 1.165) is 25.4 Å². The lowest BCUT2D eigenvalue weighted by molar-refractivity contribution is -0.136. The number of carbonyl (C=O) groups is 2. The summed E-state index contributed by atoms with van der Waals surface area (Å²) in [5, 5.41) is 11.6. The minimum Gasteiger partial charge on any atom is -0.481 e. The van der Waals surface area contributed by atoms with Crippen molar-refractivity contribution in [2.45, 2.75) is 12.8 Å². The number of carboxylic acid groups (broad SMARTS) is 1. The van der Waals surface area contributed by atoms with Crippen molar-refractivity contribution in [2.75, 3.05) is 6.54 Å². The number of nitrogens with two attached hydrogens (primary N) is 1. The molecule has 0 spiro atoms. The van der Waals surface area contributed by atoms with Crippen molar-refractivity contribution in [2.24, 2.45) is 5.73 Å². The van der Waals surface area contributed by atoms with E-state index in [1.165, 1.54) is 0 Å². The van der Waals surface area contributed by atoms with Gasteiger partial charge in [0, 0.05) is 13.7 Å². The number of nitrogens with one attached hydrogen (secondary N) is 1. The van der Waals surface area contributed by atoms with Gasteiger partial charge in [-0.3, -0.25) is 4.79 Å². The zero-order valence-electron chi connectivity index (χ0n) is 13.7. The lowest BCUT2D eigenvalue weighted by Gasteiger charge is -2.14. The maximum Gasteiger partial charge on any atom is 0.312 e. The number of primary amides is 1. The zero-order chi connectivity index (χ0) is 20.1. The topological polar surface area (TPSA) is 102 Å². The normalized spacial score (nSPS) is 10.5. The molecule has 0 aliphatic heterocycles. The van der Waals surface area contributed by atoms with Gasteiger partial charge in [-0.25, -0.2) is 4.79 Å². The maximum absolute atomic E-state index is 10.9. The van der Waals surface area contributed by atoms with Crippen LogP contribution in [0.5, 0.6) is 11.5 Å². The van der Waals surface area contributed by atoms with E-state index in [-0.39, 0.29) is 6.42 Å². The van der Waals surface area contributed by atoms with Gasteiger partial charge in [0.25, 0.3) is 0 Å². The first-order valence-corrected chi connectivity index (χ1v) is 11.9. The molecule has 4 N–H and O–H groups in total. The third-order valence-corrected chi connectivity index (χ3v) is 6.95. The van der Waals surface area contributed by atoms with Crippen LogP contribution in [0.3, 0.4) is 0 Å². The summed E-state index contributed by atoms with van der Waals surface area (Å²) in [5.74, 6) is 0.554. The quantitative estimate of drug-likeness (QED) is 0.352. The molecule has 0 radical (unpaired) electrons. The van der Waals surface area contributed by atoms with Crippen LogP contribution in [0.1, 0.15) is 11.1 Å². The molecule has 0 aliphatic rings. The number of carbonyl (C=O) groups excluding carboxylic acids is 1. The van der Waals surface area contributed by atoms with Gasteiger partial charge in [-0.15, -0.1) is 0 Å². The van der Waals surface area contributed by atoms with E-state index in [4.69, 9.17) is 15.6 Å². The van der Waals surface area contributed by atoms with Crippen molar-refractivity contribution in [3.8, 4) is 11.5 Å². The molecule has 2 amide bonds. The number of urea groups is 1. The fraction of sp³-hybridized carbons (Fsp3) is 0.176. The van der Waals surface area contributed by atoms with Crippen LogP contribution in [0.15, 0.2) is 24.3 Å². The summed E-state index contributed by atoms with van der Waals surface area (Å²) < 4.78 is 9.88. The van der Waals surface area contributed by atoms with E-state index in [1.54, 1.807) is 0 Å². The Morgan fingerprint density at radius 2 is 1.56 bits per heavy atom. The first kappa shape index (κ1) is 23.2. The fourth-order valence-electron chi connectivity index (χ4n) is 2.29. The highest BCUT2D eigenvalue weighted by molar-refractivity contribution is 14.1. The van der Waals surface area contributed by atoms with Gasteiger partial charge >= 0.3 is 12.0 Å². The molecular weight excluding hydrogens is 804 g/mol. The largest absolute Gasteiger partial charge is 0.481 e. The van der Waals surface area contributed by atoms with Crippen LogP contribution in [-0.4, -0.2) is 23.7 Å². The highest BCUT2D eigenvalue weighted by Crippen LogP contribution is 2.35. The lowest BCUT2D eigenvalue weighted by Crippen LogP contribution is -2.31. The third kappa shape index (κ3) is 7.02. The van der Waals surface area contributed by atoms with Gasteiger partial charge in [-0.2, -0.15) is 0 Å². The lowest BCUT2D eigenvalue weighted by atomic mass is 10.1. The van der Waals surface area contributed by atoms with Crippen molar-refractivity contribution in [1.29, 1.82) is 0 Å². The first-order valence-electron chi connectivity index (χ1n) is 7.56. The van der Waals surface area contributed by atoms with Gasteiger partial charge < -0.3 is 20.9 Å². The number of amides is 2. The number of hydrogen-bond acceptors (Lipinski definition) is 3. The molecule has 0 aliphatic carbocycles. The van der Waals surface area contributed by atoms with Crippen molar-refractivity contribution in [3.63, 3.8) is 0 Å². The molecule has 2 rings (SSSR count). The second-order valence-corrected chi connectivity index (χ2v) is 10.1. The molecule has 27 heavy (non-hydrogen) atoms. The summed E-state index contributed by atoms with van der Waals surface area (Å²) in [7, 11) is 0. The summed E-state index contributed by atoms with van der Waals surface area (Å²) >= 11 is 8.81. The van der Waals surface area contributed by atoms with Gasteiger partial charge in [0.05, 0.1) is 13.6 Å². The number of rotatable bonds is 7. The molecule has 2 aromatic rings. The highest BCUT2D eigenvalue weighted by atomic mass is 127. The monoisotopic (exact) mass is 818 g/mol. The van der Waals surface area contributed by atoms with Crippen molar-refractivity contribution in [1.82, 2.24) is 5.32 Å². The average molecular weight is 818 g/mol. The van der Waals surface area contributed by atoms with Crippen LogP contribution in [0, 0.1) is 14.3 Å². The van der Waals surface area contributed by atoms with E-state index in [1.807, 2.05) is 24.3 Å². The van der Waals surface area contributed by atoms with Crippen LogP contribution in [-0.2, 0) is 17.6 Å². The molecule has 10 heteroatoms. The van der Waals surface area contributed by atoms with Crippen molar-refractivity contribution in [3.05, 3.63) is 49.7 Å². The summed E-state index contributed by atoms with van der Waals surface area (Å²) in [5.41, 5.74) is 6.96. The number of carboxylic acids is 1. The average Bonchev–Trinajstić information content (AvgIpc) is 2.52. The van der Waals surface area contributed by atoms with Crippen molar-refractivity contribution < 1.29 is 19.4 Å². The third-order valence-electron chi connectivity index (χ3n) is 3.42. The molecule has 0 unspecified atom stereocenters. The molecule has 0 aromatic heterocycles.